The zero-order valence-corrected chi connectivity index (χ0v) is 18.9. The summed E-state index contributed by atoms with van der Waals surface area (Å²) >= 11 is 5.54. The number of aryl methyl sites for hydroxylation is 1. The summed E-state index contributed by atoms with van der Waals surface area (Å²) in [5.74, 6) is 0. The monoisotopic (exact) mass is 412 g/mol. The molecule has 0 saturated heterocycles. The number of thioether (sulfide) groups is 2. The lowest BCUT2D eigenvalue weighted by Gasteiger charge is -2.05. The van der Waals surface area contributed by atoms with Crippen molar-refractivity contribution in [2.45, 2.75) is 48.8 Å². The van der Waals surface area contributed by atoms with E-state index in [-0.39, 0.29) is 0 Å². The van der Waals surface area contributed by atoms with Crippen LogP contribution in [0.25, 0.3) is 20.9 Å². The van der Waals surface area contributed by atoms with E-state index in [2.05, 4.69) is 74.0 Å². The molecule has 1 aromatic heterocycles. The molecule has 0 saturated carbocycles. The lowest BCUT2D eigenvalue weighted by Crippen LogP contribution is -1.86. The van der Waals surface area contributed by atoms with Crippen LogP contribution < -0.4 is 0 Å². The second-order valence-electron chi connectivity index (χ2n) is 6.73. The van der Waals surface area contributed by atoms with Gasteiger partial charge in [-0.3, -0.25) is 0 Å². The molecule has 0 amide bonds. The molecule has 3 heteroatoms. The van der Waals surface area contributed by atoms with E-state index in [1.807, 2.05) is 11.3 Å². The predicted octanol–water partition coefficient (Wildman–Crippen LogP) is 8.65. The van der Waals surface area contributed by atoms with Gasteiger partial charge in [-0.05, 0) is 72.4 Å². The van der Waals surface area contributed by atoms with Crippen molar-refractivity contribution in [3.05, 3.63) is 60.2 Å². The van der Waals surface area contributed by atoms with Gasteiger partial charge in [0, 0.05) is 19.5 Å². The number of thiophene rings is 1. The summed E-state index contributed by atoms with van der Waals surface area (Å²) in [7, 11) is 0. The van der Waals surface area contributed by atoms with Crippen LogP contribution in [0.2, 0.25) is 0 Å². The molecule has 0 spiro atoms. The molecule has 0 unspecified atom stereocenters. The maximum absolute atomic E-state index is 2.43. The molecule has 0 aliphatic heterocycles. The molecule has 3 rings (SSSR count). The Morgan fingerprint density at radius 1 is 0.741 bits per heavy atom. The molecule has 0 radical (unpaired) electrons. The summed E-state index contributed by atoms with van der Waals surface area (Å²) in [6.07, 6.45) is 10.7. The Hall–Kier alpha value is -1.16. The Bertz CT molecular complexity index is 829. The molecule has 0 N–H and O–H groups in total. The minimum atomic E-state index is 1.18. The van der Waals surface area contributed by atoms with Crippen molar-refractivity contribution in [2.75, 3.05) is 12.5 Å². The zero-order valence-electron chi connectivity index (χ0n) is 16.5. The van der Waals surface area contributed by atoms with Crippen LogP contribution in [0.15, 0.2) is 64.4 Å². The molecule has 3 aromatic rings. The number of hydrogen-bond donors (Lipinski definition) is 0. The van der Waals surface area contributed by atoms with E-state index in [4.69, 9.17) is 0 Å². The van der Waals surface area contributed by atoms with Crippen molar-refractivity contribution in [1.82, 2.24) is 0 Å². The minimum Gasteiger partial charge on any atom is -0.135 e. The molecule has 27 heavy (non-hydrogen) atoms. The van der Waals surface area contributed by atoms with Gasteiger partial charge in [0.1, 0.15) is 0 Å². The molecular weight excluding hydrogens is 384 g/mol. The molecule has 0 atom stereocenters. The molecule has 1 heterocycles. The first kappa shape index (κ1) is 20.6. The van der Waals surface area contributed by atoms with Crippen molar-refractivity contribution in [1.29, 1.82) is 0 Å². The fourth-order valence-electron chi connectivity index (χ4n) is 3.24. The summed E-state index contributed by atoms with van der Waals surface area (Å²) < 4.78 is 0. The average Bonchev–Trinajstić information content (AvgIpc) is 3.15. The van der Waals surface area contributed by atoms with Gasteiger partial charge in [0.2, 0.25) is 0 Å². The highest BCUT2D eigenvalue weighted by molar-refractivity contribution is 7.98. The summed E-state index contributed by atoms with van der Waals surface area (Å²) in [6.45, 7) is 2.28. The molecule has 0 bridgehead atoms. The second kappa shape index (κ2) is 10.4. The van der Waals surface area contributed by atoms with Gasteiger partial charge in [-0.15, -0.1) is 34.9 Å². The number of hydrogen-bond acceptors (Lipinski definition) is 3. The van der Waals surface area contributed by atoms with Gasteiger partial charge in [0.25, 0.3) is 0 Å². The van der Waals surface area contributed by atoms with E-state index >= 15 is 0 Å². The Morgan fingerprint density at radius 3 is 1.89 bits per heavy atom. The van der Waals surface area contributed by atoms with Gasteiger partial charge in [-0.2, -0.15) is 0 Å². The maximum atomic E-state index is 2.43. The molecule has 0 fully saturated rings. The minimum absolute atomic E-state index is 1.18. The normalized spacial score (nSPS) is 11.1. The van der Waals surface area contributed by atoms with Crippen LogP contribution in [0.1, 0.15) is 38.2 Å². The molecular formula is C24H28S3. The van der Waals surface area contributed by atoms with Gasteiger partial charge in [0.05, 0.1) is 0 Å². The Balaban J connectivity index is 1.91. The summed E-state index contributed by atoms with van der Waals surface area (Å²) in [6, 6.07) is 20.5. The van der Waals surface area contributed by atoms with Gasteiger partial charge in [-0.25, -0.2) is 0 Å². The Morgan fingerprint density at radius 2 is 1.33 bits per heavy atom. The van der Waals surface area contributed by atoms with Crippen LogP contribution >= 0.6 is 34.9 Å². The van der Waals surface area contributed by atoms with E-state index < -0.39 is 0 Å². The molecule has 142 valence electrons. The first-order valence-electron chi connectivity index (χ1n) is 9.66. The fraction of sp³-hybridized carbons (Fsp3) is 0.333. The summed E-state index contributed by atoms with van der Waals surface area (Å²) in [5, 5.41) is 0. The van der Waals surface area contributed by atoms with Gasteiger partial charge < -0.3 is 0 Å². The van der Waals surface area contributed by atoms with Crippen LogP contribution in [0.3, 0.4) is 0 Å². The summed E-state index contributed by atoms with van der Waals surface area (Å²) in [5.41, 5.74) is 4.20. The topological polar surface area (TPSA) is 0 Å². The van der Waals surface area contributed by atoms with E-state index in [1.54, 1.807) is 23.5 Å². The quantitative estimate of drug-likeness (QED) is 0.255. The third-order valence-electron chi connectivity index (χ3n) is 4.84. The van der Waals surface area contributed by atoms with Crippen molar-refractivity contribution >= 4 is 34.9 Å². The molecule has 2 aromatic carbocycles. The third-order valence-corrected chi connectivity index (χ3v) is 7.60. The zero-order chi connectivity index (χ0) is 19.1. The average molecular weight is 413 g/mol. The standard InChI is InChI=1S/C24H28S3/c1-4-5-6-7-8-20-17-23(18-9-13-21(25-2)14-10-18)27-24(20)19-11-15-22(26-3)16-12-19/h9-17H,4-8H2,1-3H3. The highest BCUT2D eigenvalue weighted by atomic mass is 32.2. The van der Waals surface area contributed by atoms with Crippen LogP contribution in [0, 0.1) is 0 Å². The van der Waals surface area contributed by atoms with Crippen LogP contribution in [0.5, 0.6) is 0 Å². The molecule has 0 nitrogen and oxygen atoms in total. The van der Waals surface area contributed by atoms with Gasteiger partial charge in [0.15, 0.2) is 0 Å². The van der Waals surface area contributed by atoms with E-state index in [0.717, 1.165) is 0 Å². The van der Waals surface area contributed by atoms with Crippen molar-refractivity contribution in [3.63, 3.8) is 0 Å². The highest BCUT2D eigenvalue weighted by Gasteiger charge is 2.12. The number of unbranched alkanes of at least 4 members (excludes halogenated alkanes) is 3. The van der Waals surface area contributed by atoms with Gasteiger partial charge >= 0.3 is 0 Å². The number of benzene rings is 2. The van der Waals surface area contributed by atoms with E-state index in [9.17, 15) is 0 Å². The van der Waals surface area contributed by atoms with Crippen molar-refractivity contribution in [2.24, 2.45) is 0 Å². The molecule has 0 aliphatic rings. The smallest absolute Gasteiger partial charge is 0.0381 e. The predicted molar refractivity (Wildman–Crippen MR) is 127 cm³/mol. The lowest BCUT2D eigenvalue weighted by atomic mass is 10.0. The maximum Gasteiger partial charge on any atom is 0.0381 e. The van der Waals surface area contributed by atoms with Crippen LogP contribution in [-0.4, -0.2) is 12.5 Å². The third kappa shape index (κ3) is 5.43. The largest absolute Gasteiger partial charge is 0.135 e. The van der Waals surface area contributed by atoms with Crippen molar-refractivity contribution in [3.8, 4) is 20.9 Å². The summed E-state index contributed by atoms with van der Waals surface area (Å²) in [4.78, 5) is 5.48. The Kier molecular flexibility index (Phi) is 7.93. The fourth-order valence-corrected chi connectivity index (χ4v) is 5.28. The Labute approximate surface area is 176 Å². The van der Waals surface area contributed by atoms with E-state index in [1.165, 1.54) is 68.3 Å². The second-order valence-corrected chi connectivity index (χ2v) is 9.54. The van der Waals surface area contributed by atoms with Crippen molar-refractivity contribution < 1.29 is 0 Å². The lowest BCUT2D eigenvalue weighted by molar-refractivity contribution is 0.668. The van der Waals surface area contributed by atoms with E-state index in [0.29, 0.717) is 0 Å². The molecule has 0 aliphatic carbocycles. The van der Waals surface area contributed by atoms with Crippen LogP contribution in [0.4, 0.5) is 0 Å². The first-order chi connectivity index (χ1) is 13.2. The SMILES string of the molecule is CCCCCCc1cc(-c2ccc(SC)cc2)sc1-c1ccc(SC)cc1. The number of rotatable bonds is 9. The van der Waals surface area contributed by atoms with Gasteiger partial charge in [-0.1, -0.05) is 50.5 Å². The first-order valence-corrected chi connectivity index (χ1v) is 12.9. The van der Waals surface area contributed by atoms with Crippen LogP contribution in [-0.2, 0) is 6.42 Å². The highest BCUT2D eigenvalue weighted by Crippen LogP contribution is 2.39.